The molecule has 4 rings (SSSR count). The number of halogens is 2. The Kier molecular flexibility index (Phi) is 7.65. The van der Waals surface area contributed by atoms with Crippen LogP contribution in [0.4, 0.5) is 21.6 Å². The maximum Gasteiger partial charge on any atom is 0.261 e. The molecule has 1 heterocycles. The number of aromatic nitrogens is 1. The molecule has 0 atom stereocenters. The zero-order valence-electron chi connectivity index (χ0n) is 19.3. The smallest absolute Gasteiger partial charge is 0.261 e. The standard InChI is InChI=1S/C26H20BrFN4O4S/c1-16-5-6-18(14-23(16)32-37(35,36)22-10-8-20(28)9-11-22)25(33)30-21-4-2-3-17(13-21)26(34)31-24-12-7-19(27)15-29-24/h2-15,32H,1H3,(H,30,33)(H,29,31,34). The summed E-state index contributed by atoms with van der Waals surface area (Å²) in [7, 11) is -4.00. The van der Waals surface area contributed by atoms with Crippen LogP contribution in [0.2, 0.25) is 0 Å². The van der Waals surface area contributed by atoms with E-state index in [1.54, 1.807) is 55.6 Å². The molecule has 8 nitrogen and oxygen atoms in total. The highest BCUT2D eigenvalue weighted by Crippen LogP contribution is 2.23. The highest BCUT2D eigenvalue weighted by atomic mass is 79.9. The number of anilines is 3. The topological polar surface area (TPSA) is 117 Å². The molecule has 0 saturated heterocycles. The maximum atomic E-state index is 13.2. The van der Waals surface area contributed by atoms with E-state index in [2.05, 4.69) is 36.3 Å². The van der Waals surface area contributed by atoms with Gasteiger partial charge in [0.05, 0.1) is 10.6 Å². The van der Waals surface area contributed by atoms with Crippen LogP contribution in [0.5, 0.6) is 0 Å². The van der Waals surface area contributed by atoms with Crippen molar-refractivity contribution in [1.29, 1.82) is 0 Å². The number of aryl methyl sites for hydroxylation is 1. The van der Waals surface area contributed by atoms with Crippen LogP contribution in [0.25, 0.3) is 0 Å². The number of hydrogen-bond acceptors (Lipinski definition) is 5. The number of nitrogens with one attached hydrogen (secondary N) is 3. The van der Waals surface area contributed by atoms with Crippen molar-refractivity contribution in [2.24, 2.45) is 0 Å². The maximum absolute atomic E-state index is 13.2. The number of nitrogens with zero attached hydrogens (tertiary/aromatic N) is 1. The fourth-order valence-electron chi connectivity index (χ4n) is 3.27. The summed E-state index contributed by atoms with van der Waals surface area (Å²) in [5.41, 5.74) is 1.65. The molecule has 0 unspecified atom stereocenters. The van der Waals surface area contributed by atoms with Crippen LogP contribution >= 0.6 is 15.9 Å². The molecule has 2 amide bonds. The molecule has 0 fully saturated rings. The molecule has 0 bridgehead atoms. The van der Waals surface area contributed by atoms with Crippen molar-refractivity contribution in [3.05, 3.63) is 112 Å². The summed E-state index contributed by atoms with van der Waals surface area (Å²) in [6, 6.07) is 18.7. The molecule has 11 heteroatoms. The molecular formula is C26H20BrFN4O4S. The van der Waals surface area contributed by atoms with Gasteiger partial charge in [0, 0.05) is 27.5 Å². The Bertz CT molecular complexity index is 1580. The van der Waals surface area contributed by atoms with Crippen molar-refractivity contribution >= 4 is 55.0 Å². The van der Waals surface area contributed by atoms with Crippen LogP contribution in [-0.2, 0) is 10.0 Å². The lowest BCUT2D eigenvalue weighted by atomic mass is 10.1. The number of rotatable bonds is 7. The Hall–Kier alpha value is -4.09. The first kappa shape index (κ1) is 26.0. The number of sulfonamides is 1. The normalized spacial score (nSPS) is 11.0. The molecule has 37 heavy (non-hydrogen) atoms. The number of pyridine rings is 1. The first-order valence-electron chi connectivity index (χ1n) is 10.8. The molecule has 4 aromatic rings. The molecule has 3 aromatic carbocycles. The Labute approximate surface area is 221 Å². The minimum Gasteiger partial charge on any atom is -0.322 e. The largest absolute Gasteiger partial charge is 0.322 e. The SMILES string of the molecule is Cc1ccc(C(=O)Nc2cccc(C(=O)Nc3ccc(Br)cn3)c2)cc1NS(=O)(=O)c1ccc(F)cc1. The van der Waals surface area contributed by atoms with Crippen molar-refractivity contribution in [2.45, 2.75) is 11.8 Å². The monoisotopic (exact) mass is 582 g/mol. The number of benzene rings is 3. The highest BCUT2D eigenvalue weighted by molar-refractivity contribution is 9.10. The minimum absolute atomic E-state index is 0.114. The molecule has 1 aromatic heterocycles. The average Bonchev–Trinajstić information content (AvgIpc) is 2.87. The van der Waals surface area contributed by atoms with Gasteiger partial charge in [0.25, 0.3) is 21.8 Å². The Balaban J connectivity index is 1.49. The lowest BCUT2D eigenvalue weighted by Gasteiger charge is -2.13. The third-order valence-electron chi connectivity index (χ3n) is 5.22. The lowest BCUT2D eigenvalue weighted by molar-refractivity contribution is 0.101. The molecule has 188 valence electrons. The molecule has 0 aliphatic heterocycles. The number of hydrogen-bond donors (Lipinski definition) is 3. The van der Waals surface area contributed by atoms with Crippen molar-refractivity contribution < 1.29 is 22.4 Å². The second-order valence-electron chi connectivity index (χ2n) is 7.94. The van der Waals surface area contributed by atoms with E-state index in [4.69, 9.17) is 0 Å². The molecule has 3 N–H and O–H groups in total. The van der Waals surface area contributed by atoms with Crippen LogP contribution in [0.15, 0.2) is 94.4 Å². The number of amides is 2. The average molecular weight is 583 g/mol. The van der Waals surface area contributed by atoms with Crippen molar-refractivity contribution in [3.63, 3.8) is 0 Å². The van der Waals surface area contributed by atoms with Crippen LogP contribution in [0.1, 0.15) is 26.3 Å². The summed E-state index contributed by atoms with van der Waals surface area (Å²) in [5.74, 6) is -1.09. The van der Waals surface area contributed by atoms with E-state index in [0.717, 1.165) is 28.7 Å². The van der Waals surface area contributed by atoms with Gasteiger partial charge in [0.15, 0.2) is 0 Å². The summed E-state index contributed by atoms with van der Waals surface area (Å²) >= 11 is 3.28. The summed E-state index contributed by atoms with van der Waals surface area (Å²) < 4.78 is 41.8. The second kappa shape index (κ2) is 10.9. The van der Waals surface area contributed by atoms with Crippen LogP contribution in [-0.4, -0.2) is 25.2 Å². The van der Waals surface area contributed by atoms with E-state index < -0.39 is 27.7 Å². The number of carbonyl (C=O) groups excluding carboxylic acids is 2. The van der Waals surface area contributed by atoms with Gasteiger partial charge in [0.2, 0.25) is 0 Å². The molecule has 0 spiro atoms. The summed E-state index contributed by atoms with van der Waals surface area (Å²) in [6.07, 6.45) is 1.56. The van der Waals surface area contributed by atoms with Gasteiger partial charge in [-0.15, -0.1) is 0 Å². The molecule has 0 radical (unpaired) electrons. The van der Waals surface area contributed by atoms with E-state index in [1.165, 1.54) is 12.1 Å². The van der Waals surface area contributed by atoms with Crippen LogP contribution in [0.3, 0.4) is 0 Å². The highest BCUT2D eigenvalue weighted by Gasteiger charge is 2.17. The number of carbonyl (C=O) groups is 2. The third-order valence-corrected chi connectivity index (χ3v) is 7.07. The van der Waals surface area contributed by atoms with Crippen molar-refractivity contribution in [3.8, 4) is 0 Å². The van der Waals surface area contributed by atoms with E-state index in [-0.39, 0.29) is 16.1 Å². The predicted octanol–water partition coefficient (Wildman–Crippen LogP) is 5.60. The zero-order chi connectivity index (χ0) is 26.6. The van der Waals surface area contributed by atoms with Gasteiger partial charge in [-0.05, 0) is 95.1 Å². The van der Waals surface area contributed by atoms with Gasteiger partial charge in [-0.3, -0.25) is 14.3 Å². The van der Waals surface area contributed by atoms with E-state index in [0.29, 0.717) is 22.6 Å². The van der Waals surface area contributed by atoms with E-state index in [1.807, 2.05) is 0 Å². The molecule has 0 saturated carbocycles. The van der Waals surface area contributed by atoms with Crippen molar-refractivity contribution in [1.82, 2.24) is 4.98 Å². The first-order valence-corrected chi connectivity index (χ1v) is 13.1. The quantitative estimate of drug-likeness (QED) is 0.262. The molecule has 0 aliphatic rings. The summed E-state index contributed by atoms with van der Waals surface area (Å²) in [4.78, 5) is 29.5. The fraction of sp³-hybridized carbons (Fsp3) is 0.0385. The fourth-order valence-corrected chi connectivity index (χ4v) is 4.63. The predicted molar refractivity (Wildman–Crippen MR) is 143 cm³/mol. The Morgan fingerprint density at radius 1 is 0.865 bits per heavy atom. The first-order chi connectivity index (χ1) is 17.6. The van der Waals surface area contributed by atoms with Crippen molar-refractivity contribution in [2.75, 3.05) is 15.4 Å². The van der Waals surface area contributed by atoms with E-state index >= 15 is 0 Å². The van der Waals surface area contributed by atoms with Gasteiger partial charge in [-0.25, -0.2) is 17.8 Å². The van der Waals surface area contributed by atoms with Crippen LogP contribution < -0.4 is 15.4 Å². The zero-order valence-corrected chi connectivity index (χ0v) is 21.7. The molecule has 0 aliphatic carbocycles. The summed E-state index contributed by atoms with van der Waals surface area (Å²) in [5, 5.41) is 5.39. The van der Waals surface area contributed by atoms with Gasteiger partial charge >= 0.3 is 0 Å². The second-order valence-corrected chi connectivity index (χ2v) is 10.5. The van der Waals surface area contributed by atoms with Gasteiger partial charge in [-0.1, -0.05) is 12.1 Å². The Morgan fingerprint density at radius 3 is 2.27 bits per heavy atom. The van der Waals surface area contributed by atoms with Gasteiger partial charge in [0.1, 0.15) is 11.6 Å². The third kappa shape index (κ3) is 6.57. The Morgan fingerprint density at radius 2 is 1.57 bits per heavy atom. The van der Waals surface area contributed by atoms with E-state index in [9.17, 15) is 22.4 Å². The molecular weight excluding hydrogens is 563 g/mol. The lowest BCUT2D eigenvalue weighted by Crippen LogP contribution is -2.17. The summed E-state index contributed by atoms with van der Waals surface area (Å²) in [6.45, 7) is 1.69. The van der Waals surface area contributed by atoms with Gasteiger partial charge in [-0.2, -0.15) is 0 Å². The minimum atomic E-state index is -4.00. The van der Waals surface area contributed by atoms with Crippen LogP contribution in [0, 0.1) is 12.7 Å². The van der Waals surface area contributed by atoms with Gasteiger partial charge < -0.3 is 10.6 Å².